The Kier molecular flexibility index (Phi) is 10.5. The van der Waals surface area contributed by atoms with Crippen molar-refractivity contribution >= 4 is 23.6 Å². The monoisotopic (exact) mass is 334 g/mol. The number of carbonyl (C=O) groups is 2. The molecule has 3 N–H and O–H groups in total. The van der Waals surface area contributed by atoms with Crippen LogP contribution in [0.1, 0.15) is 41.5 Å². The Morgan fingerprint density at radius 1 is 1.18 bits per heavy atom. The van der Waals surface area contributed by atoms with E-state index in [9.17, 15) is 9.59 Å². The Balaban J connectivity index is 4.87. The third kappa shape index (κ3) is 7.47. The van der Waals surface area contributed by atoms with Gasteiger partial charge in [-0.1, -0.05) is 13.8 Å². The van der Waals surface area contributed by atoms with Crippen LogP contribution in [0.15, 0.2) is 0 Å². The largest absolute Gasteiger partial charge is 0.464 e. The molecule has 0 saturated heterocycles. The Bertz CT molecular complexity index is 352. The molecule has 0 bridgehead atoms. The molecule has 22 heavy (non-hydrogen) atoms. The SMILES string of the molecule is CCOC(=O)[C@@H](C)NC(=O)C(OC(C)C)[C@@H](N)C(C)SCC. The molecular weight excluding hydrogens is 304 g/mol. The number of nitrogens with one attached hydrogen (secondary N) is 1. The summed E-state index contributed by atoms with van der Waals surface area (Å²) < 4.78 is 10.6. The van der Waals surface area contributed by atoms with Crippen molar-refractivity contribution in [1.29, 1.82) is 0 Å². The number of hydrogen-bond donors (Lipinski definition) is 2. The summed E-state index contributed by atoms with van der Waals surface area (Å²) >= 11 is 1.67. The second-order valence-corrected chi connectivity index (χ2v) is 6.98. The van der Waals surface area contributed by atoms with Crippen molar-refractivity contribution in [3.8, 4) is 0 Å². The van der Waals surface area contributed by atoms with Crippen LogP contribution in [-0.4, -0.2) is 53.8 Å². The van der Waals surface area contributed by atoms with Crippen molar-refractivity contribution in [2.24, 2.45) is 5.73 Å². The number of rotatable bonds is 10. The summed E-state index contributed by atoms with van der Waals surface area (Å²) in [6.07, 6.45) is -0.940. The average Bonchev–Trinajstić information content (AvgIpc) is 2.44. The molecule has 0 saturated carbocycles. The van der Waals surface area contributed by atoms with E-state index in [2.05, 4.69) is 5.32 Å². The first-order valence-electron chi connectivity index (χ1n) is 7.74. The van der Waals surface area contributed by atoms with E-state index in [0.29, 0.717) is 0 Å². The van der Waals surface area contributed by atoms with Gasteiger partial charge in [0.1, 0.15) is 6.04 Å². The van der Waals surface area contributed by atoms with Gasteiger partial charge < -0.3 is 20.5 Å². The number of hydrogen-bond acceptors (Lipinski definition) is 6. The van der Waals surface area contributed by atoms with Gasteiger partial charge in [-0.25, -0.2) is 4.79 Å². The van der Waals surface area contributed by atoms with Crippen molar-refractivity contribution in [3.63, 3.8) is 0 Å². The molecule has 0 heterocycles. The molecule has 0 aliphatic carbocycles. The lowest BCUT2D eigenvalue weighted by Crippen LogP contribution is -2.55. The van der Waals surface area contributed by atoms with E-state index in [1.54, 1.807) is 25.6 Å². The van der Waals surface area contributed by atoms with E-state index in [0.717, 1.165) is 5.75 Å². The van der Waals surface area contributed by atoms with Crippen LogP contribution in [-0.2, 0) is 19.1 Å². The maximum absolute atomic E-state index is 12.4. The summed E-state index contributed by atoms with van der Waals surface area (Å²) in [4.78, 5) is 24.0. The quantitative estimate of drug-likeness (QED) is 0.586. The molecule has 6 nitrogen and oxygen atoms in total. The van der Waals surface area contributed by atoms with E-state index < -0.39 is 24.2 Å². The zero-order valence-corrected chi connectivity index (χ0v) is 15.2. The van der Waals surface area contributed by atoms with Gasteiger partial charge in [0.2, 0.25) is 0 Å². The van der Waals surface area contributed by atoms with Crippen LogP contribution in [0.2, 0.25) is 0 Å². The first-order valence-corrected chi connectivity index (χ1v) is 8.79. The predicted octanol–water partition coefficient (Wildman–Crippen LogP) is 1.32. The first kappa shape index (κ1) is 21.2. The molecule has 4 atom stereocenters. The summed E-state index contributed by atoms with van der Waals surface area (Å²) in [7, 11) is 0. The highest BCUT2D eigenvalue weighted by Gasteiger charge is 2.33. The molecular formula is C15H30N2O4S. The second kappa shape index (κ2) is 10.9. The predicted molar refractivity (Wildman–Crippen MR) is 89.8 cm³/mol. The molecule has 0 aliphatic heterocycles. The van der Waals surface area contributed by atoms with Gasteiger partial charge in [0.05, 0.1) is 18.8 Å². The number of carbonyl (C=O) groups excluding carboxylic acids is 2. The Morgan fingerprint density at radius 2 is 1.77 bits per heavy atom. The van der Waals surface area contributed by atoms with E-state index >= 15 is 0 Å². The number of thioether (sulfide) groups is 1. The third-order valence-corrected chi connectivity index (χ3v) is 4.17. The Morgan fingerprint density at radius 3 is 2.23 bits per heavy atom. The maximum atomic E-state index is 12.4. The van der Waals surface area contributed by atoms with Crippen molar-refractivity contribution in [2.45, 2.75) is 71.1 Å². The molecule has 0 aromatic heterocycles. The normalized spacial score (nSPS) is 16.7. The van der Waals surface area contributed by atoms with E-state index in [4.69, 9.17) is 15.2 Å². The highest BCUT2D eigenvalue weighted by atomic mass is 32.2. The summed E-state index contributed by atoms with van der Waals surface area (Å²) in [5.41, 5.74) is 6.18. The minimum atomic E-state index is -0.800. The van der Waals surface area contributed by atoms with Gasteiger partial charge in [0.25, 0.3) is 5.91 Å². The van der Waals surface area contributed by atoms with Crippen LogP contribution in [0, 0.1) is 0 Å². The molecule has 0 aromatic rings. The maximum Gasteiger partial charge on any atom is 0.328 e. The lowest BCUT2D eigenvalue weighted by molar-refractivity contribution is -0.149. The Labute approximate surface area is 137 Å². The molecule has 0 radical (unpaired) electrons. The van der Waals surface area contributed by atoms with Crippen molar-refractivity contribution in [2.75, 3.05) is 12.4 Å². The first-order chi connectivity index (χ1) is 10.2. The summed E-state index contributed by atoms with van der Waals surface area (Å²) in [6.45, 7) is 11.3. The third-order valence-electron chi connectivity index (χ3n) is 3.00. The van der Waals surface area contributed by atoms with Crippen molar-refractivity contribution < 1.29 is 19.1 Å². The van der Waals surface area contributed by atoms with Gasteiger partial charge in [-0.3, -0.25) is 4.79 Å². The molecule has 1 amide bonds. The van der Waals surface area contributed by atoms with Crippen LogP contribution in [0.3, 0.4) is 0 Å². The highest BCUT2D eigenvalue weighted by molar-refractivity contribution is 7.99. The molecule has 0 aliphatic rings. The topological polar surface area (TPSA) is 90.6 Å². The lowest BCUT2D eigenvalue weighted by Gasteiger charge is -2.29. The van der Waals surface area contributed by atoms with Gasteiger partial charge in [0.15, 0.2) is 6.10 Å². The number of ether oxygens (including phenoxy) is 2. The van der Waals surface area contributed by atoms with Gasteiger partial charge >= 0.3 is 5.97 Å². The molecule has 0 rings (SSSR count). The fourth-order valence-corrected chi connectivity index (χ4v) is 2.75. The standard InChI is InChI=1S/C15H30N2O4S/c1-7-20-15(19)10(5)17-14(18)13(21-9(3)4)12(16)11(6)22-8-2/h9-13H,7-8,16H2,1-6H3,(H,17,18)/t10-,11?,12+,13?/m1/s1. The van der Waals surface area contributed by atoms with Gasteiger partial charge in [-0.15, -0.1) is 0 Å². The number of amides is 1. The minimum absolute atomic E-state index is 0.0670. The highest BCUT2D eigenvalue weighted by Crippen LogP contribution is 2.17. The van der Waals surface area contributed by atoms with Crippen LogP contribution < -0.4 is 11.1 Å². The summed E-state index contributed by atoms with van der Waals surface area (Å²) in [6, 6.07) is -1.19. The van der Waals surface area contributed by atoms with Crippen LogP contribution in [0.5, 0.6) is 0 Å². The van der Waals surface area contributed by atoms with Crippen molar-refractivity contribution in [3.05, 3.63) is 0 Å². The number of esters is 1. The molecule has 0 aromatic carbocycles. The zero-order valence-electron chi connectivity index (χ0n) is 14.4. The molecule has 0 spiro atoms. The summed E-state index contributed by atoms with van der Waals surface area (Å²) in [5, 5.41) is 2.69. The van der Waals surface area contributed by atoms with Crippen LogP contribution >= 0.6 is 11.8 Å². The minimum Gasteiger partial charge on any atom is -0.464 e. The molecule has 0 fully saturated rings. The van der Waals surface area contributed by atoms with Gasteiger partial charge in [0, 0.05) is 5.25 Å². The average molecular weight is 334 g/mol. The Hall–Kier alpha value is -0.790. The zero-order chi connectivity index (χ0) is 17.3. The fraction of sp³-hybridized carbons (Fsp3) is 0.867. The van der Waals surface area contributed by atoms with E-state index in [-0.39, 0.29) is 23.9 Å². The second-order valence-electron chi connectivity index (χ2n) is 5.33. The van der Waals surface area contributed by atoms with Crippen LogP contribution in [0.25, 0.3) is 0 Å². The molecule has 130 valence electrons. The van der Waals surface area contributed by atoms with Gasteiger partial charge in [-0.05, 0) is 33.4 Å². The lowest BCUT2D eigenvalue weighted by atomic mass is 10.1. The van der Waals surface area contributed by atoms with E-state index in [1.165, 1.54) is 0 Å². The molecule has 7 heteroatoms. The van der Waals surface area contributed by atoms with Crippen molar-refractivity contribution in [1.82, 2.24) is 5.32 Å². The van der Waals surface area contributed by atoms with E-state index in [1.807, 2.05) is 27.7 Å². The molecule has 2 unspecified atom stereocenters. The smallest absolute Gasteiger partial charge is 0.328 e. The number of nitrogens with two attached hydrogens (primary N) is 1. The van der Waals surface area contributed by atoms with Crippen LogP contribution in [0.4, 0.5) is 0 Å². The fourth-order valence-electron chi connectivity index (χ4n) is 1.86. The van der Waals surface area contributed by atoms with Gasteiger partial charge in [-0.2, -0.15) is 11.8 Å². The summed E-state index contributed by atoms with van der Waals surface area (Å²) in [5.74, 6) is 0.0541.